The summed E-state index contributed by atoms with van der Waals surface area (Å²) in [6, 6.07) is 0. The quantitative estimate of drug-likeness (QED) is 0.0440. The summed E-state index contributed by atoms with van der Waals surface area (Å²) in [5, 5.41) is 49.6. The summed E-state index contributed by atoms with van der Waals surface area (Å²) in [5.74, 6) is -1.11. The summed E-state index contributed by atoms with van der Waals surface area (Å²) in [7, 11) is -5.09. The minimum atomic E-state index is -5.09. The number of hydrogen-bond donors (Lipinski definition) is 6. The molecule has 1 aliphatic carbocycles. The second-order valence-electron chi connectivity index (χ2n) is 12.0. The maximum atomic E-state index is 12.6. The van der Waals surface area contributed by atoms with Gasteiger partial charge in [-0.05, 0) is 12.8 Å². The van der Waals surface area contributed by atoms with E-state index in [2.05, 4.69) is 13.8 Å². The van der Waals surface area contributed by atoms with Gasteiger partial charge in [0.15, 0.2) is 6.10 Å². The number of carbonyl (C=O) groups excluding carboxylic acids is 2. The molecular formula is C31H59O13P. The Morgan fingerprint density at radius 1 is 0.600 bits per heavy atom. The Labute approximate surface area is 268 Å². The van der Waals surface area contributed by atoms with Gasteiger partial charge in [0.1, 0.15) is 43.2 Å². The van der Waals surface area contributed by atoms with Crippen molar-refractivity contribution in [3.63, 3.8) is 0 Å². The Kier molecular flexibility index (Phi) is 22.4. The maximum absolute atomic E-state index is 12.6. The van der Waals surface area contributed by atoms with Crippen molar-refractivity contribution in [3.8, 4) is 0 Å². The van der Waals surface area contributed by atoms with Crippen LogP contribution < -0.4 is 0 Å². The van der Waals surface area contributed by atoms with Crippen molar-refractivity contribution in [2.45, 2.75) is 172 Å². The first kappa shape index (κ1) is 41.9. The zero-order valence-corrected chi connectivity index (χ0v) is 28.1. The number of aliphatic hydroxyl groups is 5. The van der Waals surface area contributed by atoms with Gasteiger partial charge in [-0.15, -0.1) is 0 Å². The molecule has 0 aromatic carbocycles. The van der Waals surface area contributed by atoms with Crippen LogP contribution in [0.4, 0.5) is 0 Å². The van der Waals surface area contributed by atoms with Gasteiger partial charge in [-0.25, -0.2) is 4.57 Å². The van der Waals surface area contributed by atoms with Gasteiger partial charge in [0.25, 0.3) is 0 Å². The molecule has 0 aliphatic heterocycles. The fraction of sp³-hybridized carbons (Fsp3) is 0.935. The number of ether oxygens (including phenoxy) is 2. The van der Waals surface area contributed by atoms with E-state index in [-0.39, 0.29) is 12.8 Å². The molecule has 45 heavy (non-hydrogen) atoms. The van der Waals surface area contributed by atoms with Crippen molar-refractivity contribution in [1.29, 1.82) is 0 Å². The largest absolute Gasteiger partial charge is 0.472 e. The van der Waals surface area contributed by atoms with Crippen molar-refractivity contribution in [3.05, 3.63) is 0 Å². The first-order chi connectivity index (χ1) is 21.4. The number of phosphoric ester groups is 1. The van der Waals surface area contributed by atoms with Crippen LogP contribution in [0.15, 0.2) is 0 Å². The lowest BCUT2D eigenvalue weighted by molar-refractivity contribution is -0.220. The lowest BCUT2D eigenvalue weighted by atomic mass is 9.85. The van der Waals surface area contributed by atoms with Crippen molar-refractivity contribution < 1.29 is 63.1 Å². The van der Waals surface area contributed by atoms with Crippen molar-refractivity contribution >= 4 is 19.8 Å². The molecule has 1 rings (SSSR count). The van der Waals surface area contributed by atoms with Crippen LogP contribution in [0.3, 0.4) is 0 Å². The SMILES string of the molecule is CCCCCCCCCCCCCC(=O)O[C@H](COC(=O)CCCCCCC)COP(=O)(O)OC1[C@H](O)[C@H](O)C(O)[C@H](O)[C@H]1O. The minimum Gasteiger partial charge on any atom is -0.462 e. The molecule has 0 radical (unpaired) electrons. The van der Waals surface area contributed by atoms with Crippen LogP contribution in [0.2, 0.25) is 0 Å². The van der Waals surface area contributed by atoms with Crippen LogP contribution >= 0.6 is 7.82 Å². The molecule has 0 aromatic rings. The summed E-state index contributed by atoms with van der Waals surface area (Å²) >= 11 is 0. The van der Waals surface area contributed by atoms with Gasteiger partial charge in [-0.1, -0.05) is 104 Å². The monoisotopic (exact) mass is 670 g/mol. The van der Waals surface area contributed by atoms with Gasteiger partial charge in [0.2, 0.25) is 0 Å². The van der Waals surface area contributed by atoms with Crippen LogP contribution in [0.25, 0.3) is 0 Å². The highest BCUT2D eigenvalue weighted by atomic mass is 31.2. The zero-order valence-electron chi connectivity index (χ0n) is 27.2. The molecule has 0 heterocycles. The Balaban J connectivity index is 2.58. The summed E-state index contributed by atoms with van der Waals surface area (Å²) in [5.41, 5.74) is 0. The number of esters is 2. The molecule has 0 aromatic heterocycles. The molecule has 0 bridgehead atoms. The van der Waals surface area contributed by atoms with Gasteiger partial charge >= 0.3 is 19.8 Å². The third kappa shape index (κ3) is 18.1. The Hall–Kier alpha value is -1.15. The molecule has 6 N–H and O–H groups in total. The van der Waals surface area contributed by atoms with E-state index >= 15 is 0 Å². The Morgan fingerprint density at radius 3 is 1.47 bits per heavy atom. The van der Waals surface area contributed by atoms with Gasteiger partial charge in [0.05, 0.1) is 6.61 Å². The Morgan fingerprint density at radius 2 is 1.00 bits per heavy atom. The molecule has 1 aliphatic rings. The normalized spacial score (nSPS) is 25.4. The first-order valence-electron chi connectivity index (χ1n) is 16.8. The third-order valence-electron chi connectivity index (χ3n) is 7.95. The van der Waals surface area contributed by atoms with E-state index in [0.29, 0.717) is 12.8 Å². The van der Waals surface area contributed by atoms with E-state index in [1.807, 2.05) is 0 Å². The molecule has 0 spiro atoms. The number of carbonyl (C=O) groups is 2. The molecule has 8 atom stereocenters. The second-order valence-corrected chi connectivity index (χ2v) is 13.4. The van der Waals surface area contributed by atoms with Crippen LogP contribution in [-0.4, -0.2) is 98.3 Å². The fourth-order valence-electron chi connectivity index (χ4n) is 5.11. The van der Waals surface area contributed by atoms with Gasteiger partial charge in [-0.2, -0.15) is 0 Å². The maximum Gasteiger partial charge on any atom is 0.472 e. The smallest absolute Gasteiger partial charge is 0.462 e. The number of hydrogen-bond acceptors (Lipinski definition) is 12. The van der Waals surface area contributed by atoms with Crippen molar-refractivity contribution in [1.82, 2.24) is 0 Å². The lowest BCUT2D eigenvalue weighted by Gasteiger charge is -2.41. The molecule has 0 amide bonds. The number of phosphoric acid groups is 1. The molecule has 13 nitrogen and oxygen atoms in total. The minimum absolute atomic E-state index is 0.102. The van der Waals surface area contributed by atoms with Crippen LogP contribution in [-0.2, 0) is 32.7 Å². The predicted molar refractivity (Wildman–Crippen MR) is 166 cm³/mol. The van der Waals surface area contributed by atoms with E-state index in [1.54, 1.807) is 0 Å². The molecule has 0 saturated heterocycles. The average Bonchev–Trinajstić information content (AvgIpc) is 3.01. The molecular weight excluding hydrogens is 611 g/mol. The fourth-order valence-corrected chi connectivity index (χ4v) is 6.08. The number of aliphatic hydroxyl groups excluding tert-OH is 5. The van der Waals surface area contributed by atoms with Gasteiger partial charge < -0.3 is 39.9 Å². The highest BCUT2D eigenvalue weighted by Crippen LogP contribution is 2.47. The highest BCUT2D eigenvalue weighted by Gasteiger charge is 2.51. The van der Waals surface area contributed by atoms with E-state index < -0.39 is 75.7 Å². The molecule has 1 fully saturated rings. The van der Waals surface area contributed by atoms with E-state index in [4.69, 9.17) is 18.5 Å². The van der Waals surface area contributed by atoms with E-state index in [9.17, 15) is 44.6 Å². The molecule has 266 valence electrons. The van der Waals surface area contributed by atoms with Crippen molar-refractivity contribution in [2.24, 2.45) is 0 Å². The zero-order chi connectivity index (χ0) is 33.7. The molecule has 3 unspecified atom stereocenters. The summed E-state index contributed by atoms with van der Waals surface area (Å²) in [6.45, 7) is 3.12. The predicted octanol–water partition coefficient (Wildman–Crippen LogP) is 3.82. The van der Waals surface area contributed by atoms with E-state index in [0.717, 1.165) is 51.4 Å². The Bertz CT molecular complexity index is 828. The van der Waals surface area contributed by atoms with Crippen LogP contribution in [0, 0.1) is 0 Å². The first-order valence-corrected chi connectivity index (χ1v) is 18.3. The highest BCUT2D eigenvalue weighted by molar-refractivity contribution is 7.47. The second kappa shape index (κ2) is 24.1. The average molecular weight is 671 g/mol. The summed E-state index contributed by atoms with van der Waals surface area (Å²) in [6.07, 6.45) is 3.99. The lowest BCUT2D eigenvalue weighted by Crippen LogP contribution is -2.64. The summed E-state index contributed by atoms with van der Waals surface area (Å²) in [4.78, 5) is 35.0. The number of rotatable bonds is 26. The standard InChI is InChI=1S/C31H59O13P/c1-3-5-7-9-10-11-12-13-14-16-18-20-25(33)43-23(21-41-24(32)19-17-15-8-6-4-2)22-42-45(39,40)44-31-29(37)27(35)26(34)28(36)30(31)38/h23,26-31,34-38H,3-22H2,1-2H3,(H,39,40)/t23-,26?,27-,28+,29-,30-,31?/m1/s1. The molecule has 1 saturated carbocycles. The van der Waals surface area contributed by atoms with Gasteiger partial charge in [0, 0.05) is 12.8 Å². The summed E-state index contributed by atoms with van der Waals surface area (Å²) < 4.78 is 33.0. The molecule has 14 heteroatoms. The van der Waals surface area contributed by atoms with E-state index in [1.165, 1.54) is 38.5 Å². The third-order valence-corrected chi connectivity index (χ3v) is 8.93. The van der Waals surface area contributed by atoms with Crippen molar-refractivity contribution in [2.75, 3.05) is 13.2 Å². The topological polar surface area (TPSA) is 210 Å². The van der Waals surface area contributed by atoms with Crippen LogP contribution in [0.5, 0.6) is 0 Å². The van der Waals surface area contributed by atoms with Gasteiger partial charge in [-0.3, -0.25) is 18.6 Å². The van der Waals surface area contributed by atoms with Crippen LogP contribution in [0.1, 0.15) is 129 Å². The number of unbranched alkanes of at least 4 members (excludes halogenated alkanes) is 14.